The summed E-state index contributed by atoms with van der Waals surface area (Å²) in [6.45, 7) is 9.30. The van der Waals surface area contributed by atoms with Gasteiger partial charge in [0.1, 0.15) is 17.0 Å². The van der Waals surface area contributed by atoms with Crippen LogP contribution in [0, 0.1) is 15.5 Å². The van der Waals surface area contributed by atoms with Crippen LogP contribution in [0.15, 0.2) is 89.5 Å². The molecule has 8 rings (SSSR count). The molecule has 1 saturated heterocycles. The molecule has 0 bridgehead atoms. The van der Waals surface area contributed by atoms with Gasteiger partial charge in [0, 0.05) is 74.2 Å². The molecular formula is C46H55ClN9O8PS. The first-order chi connectivity index (χ1) is 31.4. The number of aromatic nitrogens is 2. The largest absolute Gasteiger partial charge is 0.476 e. The van der Waals surface area contributed by atoms with Gasteiger partial charge < -0.3 is 29.7 Å². The molecule has 0 saturated carbocycles. The maximum absolute atomic E-state index is 14.3. The Balaban J connectivity index is 1.07. The zero-order valence-corrected chi connectivity index (χ0v) is 39.9. The van der Waals surface area contributed by atoms with Crippen LogP contribution >= 0.6 is 19.1 Å². The molecule has 1 atom stereocenters. The van der Waals surface area contributed by atoms with E-state index in [0.717, 1.165) is 80.2 Å². The van der Waals surface area contributed by atoms with E-state index in [1.165, 1.54) is 41.5 Å². The summed E-state index contributed by atoms with van der Waals surface area (Å²) >= 11 is 6.26. The number of carbonyl (C=O) groups excluding carboxylic acids is 1. The summed E-state index contributed by atoms with van der Waals surface area (Å²) in [5, 5.41) is 16.4. The van der Waals surface area contributed by atoms with Gasteiger partial charge in [0.25, 0.3) is 29.1 Å². The summed E-state index contributed by atoms with van der Waals surface area (Å²) in [5.74, 6) is -0.570. The molecule has 17 nitrogen and oxygen atoms in total. The Hall–Kier alpha value is -5.49. The van der Waals surface area contributed by atoms with E-state index < -0.39 is 39.0 Å². The van der Waals surface area contributed by atoms with Gasteiger partial charge in [0.2, 0.25) is 5.88 Å². The first-order valence-electron chi connectivity index (χ1n) is 21.9. The van der Waals surface area contributed by atoms with Gasteiger partial charge >= 0.3 is 0 Å². The fourth-order valence-electron chi connectivity index (χ4n) is 8.80. The number of fused-ring (bicyclic) bond motifs is 2. The molecule has 4 N–H and O–H groups in total. The highest BCUT2D eigenvalue weighted by molar-refractivity contribution is 7.90. The monoisotopic (exact) mass is 959 g/mol. The zero-order chi connectivity index (χ0) is 47.0. The van der Waals surface area contributed by atoms with Crippen molar-refractivity contribution in [1.29, 1.82) is 0 Å². The number of amides is 1. The minimum absolute atomic E-state index is 0.0484. The summed E-state index contributed by atoms with van der Waals surface area (Å²) in [7, 11) is -5.43. The maximum Gasteiger partial charge on any atom is 0.293 e. The van der Waals surface area contributed by atoms with E-state index in [9.17, 15) is 32.8 Å². The number of sulfonamides is 1. The highest BCUT2D eigenvalue weighted by Crippen LogP contribution is 2.45. The number of nitrogens with zero attached hydrogens (tertiary/aromatic N) is 6. The van der Waals surface area contributed by atoms with E-state index in [0.29, 0.717) is 42.5 Å². The third kappa shape index (κ3) is 10.4. The summed E-state index contributed by atoms with van der Waals surface area (Å²) in [6.07, 6.45) is 5.30. The first kappa shape index (κ1) is 47.0. The minimum atomic E-state index is -4.66. The van der Waals surface area contributed by atoms with E-state index in [2.05, 4.69) is 50.8 Å². The number of ether oxygens (including phenoxy) is 1. The van der Waals surface area contributed by atoms with E-state index >= 15 is 0 Å². The average molecular weight is 960 g/mol. The number of anilines is 4. The third-order valence-electron chi connectivity index (χ3n) is 12.6. The molecule has 20 heteroatoms. The van der Waals surface area contributed by atoms with E-state index in [-0.39, 0.29) is 29.4 Å². The van der Waals surface area contributed by atoms with Crippen molar-refractivity contribution in [3.63, 3.8) is 0 Å². The molecule has 3 aliphatic rings. The minimum Gasteiger partial charge on any atom is -0.476 e. The van der Waals surface area contributed by atoms with Gasteiger partial charge in [-0.05, 0) is 111 Å². The van der Waals surface area contributed by atoms with E-state index in [4.69, 9.17) is 21.3 Å². The standard InChI is InChI=1S/C46H55ClN9O8PS/c1-46(2)16-14-33(38(29-46)31-6-8-34(47)9-7-31)30-53-20-22-54(23-21-53)35-10-12-37(40(27-35)55-19-5-24-64-45-42(55)26-32-15-17-49-43(32)50-45)44(57)51-66(62,63)36-11-13-39(41(28-36)56(58)59)48-18-25-65(60,61)52(3)4/h6-13,15,17,26-28,48H,5,14,16,18-25,29-30H2,1-4H3,(H,49,50)(H,51,57)(H,60,61). The van der Waals surface area contributed by atoms with Crippen LogP contribution in [0.1, 0.15) is 55.5 Å². The predicted molar refractivity (Wildman–Crippen MR) is 259 cm³/mol. The van der Waals surface area contributed by atoms with Gasteiger partial charge in [-0.1, -0.05) is 43.2 Å². The average Bonchev–Trinajstić information content (AvgIpc) is 3.64. The van der Waals surface area contributed by atoms with Crippen LogP contribution in [0.25, 0.3) is 16.6 Å². The highest BCUT2D eigenvalue weighted by atomic mass is 35.5. The lowest BCUT2D eigenvalue weighted by atomic mass is 9.72. The van der Waals surface area contributed by atoms with E-state index in [1.807, 2.05) is 41.3 Å². The number of pyridine rings is 1. The van der Waals surface area contributed by atoms with Crippen molar-refractivity contribution in [3.05, 3.63) is 111 Å². The summed E-state index contributed by atoms with van der Waals surface area (Å²) in [5.41, 5.74) is 6.27. The molecule has 66 heavy (non-hydrogen) atoms. The molecule has 3 aromatic carbocycles. The van der Waals surface area contributed by atoms with Crippen molar-refractivity contribution in [2.24, 2.45) is 5.41 Å². The summed E-state index contributed by atoms with van der Waals surface area (Å²) in [4.78, 5) is 49.9. The van der Waals surface area contributed by atoms with Crippen molar-refractivity contribution in [2.75, 3.05) is 87.8 Å². The van der Waals surface area contributed by atoms with Crippen LogP contribution in [0.3, 0.4) is 0 Å². The number of halogens is 1. The molecule has 0 radical (unpaired) electrons. The Bertz CT molecular complexity index is 2850. The Morgan fingerprint density at radius 3 is 2.52 bits per heavy atom. The van der Waals surface area contributed by atoms with Gasteiger partial charge in [-0.25, -0.2) is 17.8 Å². The molecule has 1 fully saturated rings. The maximum atomic E-state index is 14.3. The lowest BCUT2D eigenvalue weighted by Crippen LogP contribution is -2.47. The topological polar surface area (TPSA) is 207 Å². The lowest BCUT2D eigenvalue weighted by molar-refractivity contribution is -0.384. The molecule has 0 spiro atoms. The van der Waals surface area contributed by atoms with Crippen molar-refractivity contribution in [3.8, 4) is 5.88 Å². The second kappa shape index (κ2) is 19.0. The summed E-state index contributed by atoms with van der Waals surface area (Å²) in [6, 6.07) is 20.5. The van der Waals surface area contributed by atoms with Crippen molar-refractivity contribution in [2.45, 2.75) is 44.4 Å². The first-order valence-corrected chi connectivity index (χ1v) is 25.6. The zero-order valence-electron chi connectivity index (χ0n) is 37.4. The number of hydrogen-bond acceptors (Lipinski definition) is 12. The molecule has 2 aliphatic heterocycles. The molecule has 1 amide bonds. The molecular weight excluding hydrogens is 905 g/mol. The fraction of sp³-hybridized carbons (Fsp3) is 0.391. The molecule has 2 aromatic heterocycles. The van der Waals surface area contributed by atoms with Gasteiger partial charge in [-0.3, -0.25) is 24.4 Å². The smallest absolute Gasteiger partial charge is 0.293 e. The Morgan fingerprint density at radius 1 is 1.03 bits per heavy atom. The number of hydrogen-bond donors (Lipinski definition) is 4. The number of benzene rings is 3. The number of piperazine rings is 1. The number of carbonyl (C=O) groups is 1. The normalized spacial score (nSPS) is 17.8. The third-order valence-corrected chi connectivity index (χ3v) is 16.3. The van der Waals surface area contributed by atoms with Crippen molar-refractivity contribution < 1.29 is 32.3 Å². The van der Waals surface area contributed by atoms with Crippen LogP contribution < -0.4 is 24.6 Å². The molecule has 4 heterocycles. The second-order valence-corrected chi connectivity index (χ2v) is 22.7. The SMILES string of the molecule is CN(C)P(=O)(O)CCNc1ccc(S(=O)(=O)NC(=O)c2ccc(N3CCN(CC4=C(c5ccc(Cl)cc5)CC(C)(C)CC4)CC3)cc2N2CCCOc3nc4[nH]ccc4cc32)cc1[N+](=O)[O-]. The van der Waals surface area contributed by atoms with Crippen molar-refractivity contribution in [1.82, 2.24) is 24.3 Å². The van der Waals surface area contributed by atoms with Gasteiger partial charge in [0.15, 0.2) is 0 Å². The molecule has 1 aliphatic carbocycles. The Kier molecular flexibility index (Phi) is 13.5. The molecule has 1 unspecified atom stereocenters. The van der Waals surface area contributed by atoms with E-state index in [1.54, 1.807) is 12.3 Å². The lowest BCUT2D eigenvalue weighted by Gasteiger charge is -2.39. The van der Waals surface area contributed by atoms with Crippen LogP contribution in [0.2, 0.25) is 5.02 Å². The van der Waals surface area contributed by atoms with Gasteiger partial charge in [0.05, 0.1) is 33.8 Å². The molecule has 5 aromatic rings. The number of nitro groups is 1. The van der Waals surface area contributed by atoms with Gasteiger partial charge in [-0.2, -0.15) is 4.98 Å². The second-order valence-electron chi connectivity index (χ2n) is 18.0. The molecule has 350 valence electrons. The summed E-state index contributed by atoms with van der Waals surface area (Å²) < 4.78 is 49.6. The van der Waals surface area contributed by atoms with Gasteiger partial charge in [-0.15, -0.1) is 0 Å². The Labute approximate surface area is 389 Å². The quantitative estimate of drug-likeness (QED) is 0.0472. The highest BCUT2D eigenvalue weighted by Gasteiger charge is 2.32. The number of rotatable bonds is 14. The van der Waals surface area contributed by atoms with Crippen LogP contribution in [0.4, 0.5) is 28.4 Å². The number of nitro benzene ring substituents is 1. The number of nitrogens with one attached hydrogen (secondary N) is 3. The predicted octanol–water partition coefficient (Wildman–Crippen LogP) is 8.11. The van der Waals surface area contributed by atoms with Crippen LogP contribution in [-0.4, -0.2) is 116 Å². The van der Waals surface area contributed by atoms with Crippen molar-refractivity contribution >= 4 is 80.1 Å². The number of aromatic amines is 1. The fourth-order valence-corrected chi connectivity index (χ4v) is 10.7. The van der Waals surface area contributed by atoms with Crippen LogP contribution in [0.5, 0.6) is 5.88 Å². The van der Waals surface area contributed by atoms with Crippen LogP contribution in [-0.2, 0) is 14.6 Å². The number of H-pyrrole nitrogens is 1. The Morgan fingerprint density at radius 2 is 1.79 bits per heavy atom. The number of allylic oxidation sites excluding steroid dienone is 1.